The lowest BCUT2D eigenvalue weighted by Gasteiger charge is -2.39. The van der Waals surface area contributed by atoms with E-state index in [2.05, 4.69) is 54.1 Å². The maximum Gasteiger partial charge on any atom is 0.354 e. The van der Waals surface area contributed by atoms with Crippen LogP contribution in [-0.2, 0) is 24.6 Å². The first-order valence-electron chi connectivity index (χ1n) is 14.4. The third kappa shape index (κ3) is 9.41. The van der Waals surface area contributed by atoms with Crippen LogP contribution >= 0.6 is 7.60 Å². The number of imidazole rings is 1. The Labute approximate surface area is 251 Å². The van der Waals surface area contributed by atoms with Crippen molar-refractivity contribution in [1.82, 2.24) is 19.5 Å². The predicted molar refractivity (Wildman–Crippen MR) is 170 cm³/mol. The molecule has 230 valence electrons. The Balaban J connectivity index is 1.80. The van der Waals surface area contributed by atoms with Crippen molar-refractivity contribution in [1.29, 1.82) is 0 Å². The van der Waals surface area contributed by atoms with Crippen LogP contribution in [0.25, 0.3) is 11.2 Å². The van der Waals surface area contributed by atoms with Gasteiger partial charge in [-0.3, -0.25) is 9.36 Å². The van der Waals surface area contributed by atoms with Crippen molar-refractivity contribution >= 4 is 38.8 Å². The summed E-state index contributed by atoms with van der Waals surface area (Å²) >= 11 is 0. The minimum Gasteiger partial charge on any atom is -0.414 e. The molecule has 1 aromatic carbocycles. The summed E-state index contributed by atoms with van der Waals surface area (Å²) in [5.74, 6) is 1.66. The van der Waals surface area contributed by atoms with Crippen LogP contribution in [0.4, 0.5) is 5.82 Å². The molecule has 3 rings (SSSR count). The number of fused-ring (bicyclic) bond motifs is 1. The van der Waals surface area contributed by atoms with Crippen molar-refractivity contribution in [2.75, 3.05) is 5.32 Å². The first-order valence-corrected chi connectivity index (χ1v) is 19.0. The highest BCUT2D eigenvalue weighted by Gasteiger charge is 2.39. The van der Waals surface area contributed by atoms with Gasteiger partial charge in [0.1, 0.15) is 6.33 Å². The van der Waals surface area contributed by atoms with Gasteiger partial charge in [-0.05, 0) is 70.8 Å². The molecule has 1 unspecified atom stereocenters. The topological polar surface area (TPSA) is 117 Å². The molecule has 1 atom stereocenters. The lowest BCUT2D eigenvalue weighted by molar-refractivity contribution is 0.102. The summed E-state index contributed by atoms with van der Waals surface area (Å²) in [5, 5.41) is 2.87. The van der Waals surface area contributed by atoms with Crippen LogP contribution < -0.4 is 5.32 Å². The van der Waals surface area contributed by atoms with E-state index in [1.807, 2.05) is 56.5 Å². The van der Waals surface area contributed by atoms with Crippen molar-refractivity contribution in [3.63, 3.8) is 0 Å². The van der Waals surface area contributed by atoms with E-state index >= 15 is 0 Å². The number of benzene rings is 1. The van der Waals surface area contributed by atoms with Crippen LogP contribution in [0, 0.1) is 0 Å². The van der Waals surface area contributed by atoms with Crippen LogP contribution in [0.5, 0.6) is 0 Å². The summed E-state index contributed by atoms with van der Waals surface area (Å²) in [7, 11) is -5.52. The molecule has 12 heteroatoms. The summed E-state index contributed by atoms with van der Waals surface area (Å²) in [6.07, 6.45) is 5.57. The van der Waals surface area contributed by atoms with Crippen molar-refractivity contribution < 1.29 is 22.8 Å². The molecule has 3 aromatic rings. The van der Waals surface area contributed by atoms with Crippen LogP contribution in [0.15, 0.2) is 54.9 Å². The summed E-state index contributed by atoms with van der Waals surface area (Å²) in [6.45, 7) is 19.0. The van der Waals surface area contributed by atoms with Gasteiger partial charge in [-0.25, -0.2) is 15.0 Å². The van der Waals surface area contributed by atoms with Gasteiger partial charge in [0.25, 0.3) is 5.91 Å². The van der Waals surface area contributed by atoms with Crippen molar-refractivity contribution in [3.05, 3.63) is 60.4 Å². The quantitative estimate of drug-likeness (QED) is 0.144. The average molecular weight is 616 g/mol. The molecule has 2 aromatic heterocycles. The number of nitrogens with one attached hydrogen (secondary N) is 1. The van der Waals surface area contributed by atoms with Crippen LogP contribution in [0.3, 0.4) is 0 Å². The number of hydrogen-bond donors (Lipinski definition) is 1. The molecule has 0 saturated heterocycles. The Morgan fingerprint density at radius 2 is 1.69 bits per heavy atom. The number of aromatic nitrogens is 4. The lowest BCUT2D eigenvalue weighted by atomic mass is 10.2. The Kier molecular flexibility index (Phi) is 11.4. The number of aryl methyl sites for hydroxylation is 1. The molecule has 1 amide bonds. The molecule has 0 saturated carbocycles. The smallest absolute Gasteiger partial charge is 0.354 e. The van der Waals surface area contributed by atoms with Gasteiger partial charge in [-0.1, -0.05) is 45.0 Å². The fourth-order valence-electron chi connectivity index (χ4n) is 4.03. The van der Waals surface area contributed by atoms with E-state index in [9.17, 15) is 9.36 Å². The molecule has 42 heavy (non-hydrogen) atoms. The molecule has 1 N–H and O–H groups in total. The van der Waals surface area contributed by atoms with Gasteiger partial charge in [0.05, 0.1) is 24.6 Å². The van der Waals surface area contributed by atoms with Crippen LogP contribution in [0.1, 0.15) is 71.7 Å². The summed E-state index contributed by atoms with van der Waals surface area (Å²) in [4.78, 5) is 25.9. The van der Waals surface area contributed by atoms with E-state index in [0.717, 1.165) is 0 Å². The zero-order chi connectivity index (χ0) is 31.1. The second-order valence-corrected chi connectivity index (χ2v) is 19.0. The Morgan fingerprint density at radius 1 is 1.05 bits per heavy atom. The largest absolute Gasteiger partial charge is 0.414 e. The second-order valence-electron chi connectivity index (χ2n) is 12.4. The maximum atomic E-state index is 13.3. The third-order valence-corrected chi connectivity index (χ3v) is 13.6. The van der Waals surface area contributed by atoms with E-state index in [4.69, 9.17) is 13.5 Å². The van der Waals surface area contributed by atoms with Crippen LogP contribution in [0.2, 0.25) is 18.1 Å². The Bertz CT molecular complexity index is 1390. The van der Waals surface area contributed by atoms with Crippen LogP contribution in [-0.4, -0.2) is 52.1 Å². The molecule has 0 aliphatic rings. The number of amides is 1. The molecular formula is C30H46N5O5PSi. The molecule has 10 nitrogen and oxygen atoms in total. The molecular weight excluding hydrogens is 569 g/mol. The highest BCUT2D eigenvalue weighted by Crippen LogP contribution is 2.52. The standard InChI is InChI=1S/C30H46N5O5PSi/c1-22(2)38-41(37,39-23(3)4)19-13-16-25(40-42(8,9)30(5,6)7)17-18-35-21-33-26-27(31-20-32-28(26)35)34-29(36)24-14-11-10-12-15-24/h10-15,19-23,25H,16-18H2,1-9H3,(H,31,32,34,36)/b19-13+. The van der Waals surface area contributed by atoms with Crippen molar-refractivity contribution in [3.8, 4) is 0 Å². The summed E-state index contributed by atoms with van der Waals surface area (Å²) < 4.78 is 33.4. The zero-order valence-corrected chi connectivity index (χ0v) is 28.2. The first-order chi connectivity index (χ1) is 19.6. The van der Waals surface area contributed by atoms with E-state index in [1.165, 1.54) is 6.33 Å². The summed E-state index contributed by atoms with van der Waals surface area (Å²) in [5.41, 5.74) is 1.67. The first kappa shape index (κ1) is 33.8. The number of nitrogens with zero attached hydrogens (tertiary/aromatic N) is 4. The van der Waals surface area contributed by atoms with Gasteiger partial charge in [-0.15, -0.1) is 0 Å². The van der Waals surface area contributed by atoms with E-state index in [0.29, 0.717) is 41.9 Å². The number of rotatable bonds is 14. The number of carbonyl (C=O) groups is 1. The summed E-state index contributed by atoms with van der Waals surface area (Å²) in [6, 6.07) is 8.96. The molecule has 2 heterocycles. The molecule has 0 radical (unpaired) electrons. The molecule has 0 bridgehead atoms. The predicted octanol–water partition coefficient (Wildman–Crippen LogP) is 7.81. The third-order valence-electron chi connectivity index (χ3n) is 7.03. The van der Waals surface area contributed by atoms with Crippen molar-refractivity contribution in [2.45, 2.75) is 104 Å². The zero-order valence-electron chi connectivity index (χ0n) is 26.3. The van der Waals surface area contributed by atoms with E-state index in [1.54, 1.807) is 24.3 Å². The number of hydrogen-bond acceptors (Lipinski definition) is 8. The normalized spacial score (nSPS) is 13.9. The SMILES string of the molecule is CC(C)OP(=O)(/C=C/CC(CCn1cnc2c(NC(=O)c3ccccc3)ncnc21)O[Si](C)(C)C(C)(C)C)OC(C)C. The molecule has 0 spiro atoms. The number of carbonyl (C=O) groups excluding carboxylic acids is 1. The average Bonchev–Trinajstić information content (AvgIpc) is 3.30. The highest BCUT2D eigenvalue weighted by molar-refractivity contribution is 7.57. The van der Waals surface area contributed by atoms with E-state index in [-0.39, 0.29) is 29.3 Å². The second kappa shape index (κ2) is 14.2. The van der Waals surface area contributed by atoms with Crippen molar-refractivity contribution in [2.24, 2.45) is 0 Å². The fraction of sp³-hybridized carbons (Fsp3) is 0.533. The van der Waals surface area contributed by atoms with Gasteiger partial charge in [0, 0.05) is 17.9 Å². The lowest BCUT2D eigenvalue weighted by Crippen LogP contribution is -2.44. The highest BCUT2D eigenvalue weighted by atomic mass is 31.2. The molecule has 0 aliphatic heterocycles. The van der Waals surface area contributed by atoms with Gasteiger partial charge in [0.2, 0.25) is 0 Å². The fourth-order valence-corrected chi connectivity index (χ4v) is 7.18. The maximum absolute atomic E-state index is 13.3. The Hall–Kier alpha value is -2.69. The van der Waals surface area contributed by atoms with Gasteiger partial charge in [0.15, 0.2) is 25.3 Å². The minimum absolute atomic E-state index is 0.0204. The number of anilines is 1. The van der Waals surface area contributed by atoms with E-state index < -0.39 is 15.9 Å². The molecule has 0 fully saturated rings. The monoisotopic (exact) mass is 615 g/mol. The Morgan fingerprint density at radius 3 is 2.29 bits per heavy atom. The van der Waals surface area contributed by atoms with Gasteiger partial charge >= 0.3 is 7.60 Å². The minimum atomic E-state index is -3.40. The van der Waals surface area contributed by atoms with Gasteiger partial charge < -0.3 is 23.4 Å². The molecule has 0 aliphatic carbocycles. The van der Waals surface area contributed by atoms with Gasteiger partial charge in [-0.2, -0.15) is 0 Å².